The highest BCUT2D eigenvalue weighted by Crippen LogP contribution is 2.19. The van der Waals surface area contributed by atoms with Crippen molar-refractivity contribution in [2.45, 2.75) is 26.3 Å². The van der Waals surface area contributed by atoms with Crippen LogP contribution in [0.25, 0.3) is 0 Å². The summed E-state index contributed by atoms with van der Waals surface area (Å²) in [6, 6.07) is 10.9. The summed E-state index contributed by atoms with van der Waals surface area (Å²) in [6.45, 7) is 7.55. The molecule has 1 fully saturated rings. The molecule has 1 aromatic carbocycles. The minimum atomic E-state index is -0.0209. The maximum atomic E-state index is 10.9. The lowest BCUT2D eigenvalue weighted by molar-refractivity contribution is -0.118. The number of para-hydroxylation sites is 1. The molecule has 0 aromatic heterocycles. The molecular weight excluding hydrogens is 417 g/mol. The minimum absolute atomic E-state index is 0. The Hall–Kier alpha value is -1.51. The molecule has 0 aliphatic carbocycles. The summed E-state index contributed by atoms with van der Waals surface area (Å²) in [5.74, 6) is 0.796. The monoisotopic (exact) mass is 445 g/mol. The van der Waals surface area contributed by atoms with E-state index in [1.165, 1.54) is 12.6 Å². The summed E-state index contributed by atoms with van der Waals surface area (Å²) < 4.78 is 0. The van der Waals surface area contributed by atoms with Gasteiger partial charge < -0.3 is 20.9 Å². The van der Waals surface area contributed by atoms with Crippen LogP contribution in [0.3, 0.4) is 0 Å². The zero-order chi connectivity index (χ0) is 16.5. The van der Waals surface area contributed by atoms with Crippen LogP contribution in [0.5, 0.6) is 0 Å². The van der Waals surface area contributed by atoms with E-state index in [0.29, 0.717) is 19.1 Å². The van der Waals surface area contributed by atoms with Crippen molar-refractivity contribution in [1.82, 2.24) is 16.0 Å². The number of rotatable bonds is 6. The molecule has 2 rings (SSSR count). The van der Waals surface area contributed by atoms with Crippen molar-refractivity contribution in [3.8, 4) is 0 Å². The van der Waals surface area contributed by atoms with E-state index in [0.717, 1.165) is 32.0 Å². The molecule has 1 saturated heterocycles. The fourth-order valence-electron chi connectivity index (χ4n) is 2.66. The fourth-order valence-corrected chi connectivity index (χ4v) is 2.66. The van der Waals surface area contributed by atoms with Crippen LogP contribution < -0.4 is 20.9 Å². The number of hydrogen-bond donors (Lipinski definition) is 3. The van der Waals surface area contributed by atoms with Gasteiger partial charge in [-0.1, -0.05) is 18.2 Å². The number of guanidine groups is 1. The Morgan fingerprint density at radius 1 is 1.29 bits per heavy atom. The Morgan fingerprint density at radius 3 is 2.71 bits per heavy atom. The highest BCUT2D eigenvalue weighted by Gasteiger charge is 2.23. The number of nitrogens with one attached hydrogen (secondary N) is 3. The molecular formula is C17H28IN5O. The molecule has 24 heavy (non-hydrogen) atoms. The number of carbonyl (C=O) groups excluding carboxylic acids is 1. The van der Waals surface area contributed by atoms with Crippen LogP contribution in [0, 0.1) is 0 Å². The molecule has 0 radical (unpaired) electrons. The van der Waals surface area contributed by atoms with Gasteiger partial charge in [0.25, 0.3) is 0 Å². The Bertz CT molecular complexity index is 523. The van der Waals surface area contributed by atoms with E-state index in [9.17, 15) is 4.79 Å². The van der Waals surface area contributed by atoms with Crippen molar-refractivity contribution in [2.24, 2.45) is 4.99 Å². The van der Waals surface area contributed by atoms with Crippen molar-refractivity contribution < 1.29 is 4.79 Å². The van der Waals surface area contributed by atoms with Crippen molar-refractivity contribution >= 4 is 41.5 Å². The molecule has 7 heteroatoms. The molecule has 1 heterocycles. The van der Waals surface area contributed by atoms with Crippen LogP contribution in [0.15, 0.2) is 35.3 Å². The van der Waals surface area contributed by atoms with E-state index in [2.05, 4.69) is 57.0 Å². The van der Waals surface area contributed by atoms with E-state index >= 15 is 0 Å². The van der Waals surface area contributed by atoms with Crippen molar-refractivity contribution in [2.75, 3.05) is 37.6 Å². The zero-order valence-electron chi connectivity index (χ0n) is 14.4. The molecule has 3 N–H and O–H groups in total. The number of anilines is 1. The quantitative estimate of drug-likeness (QED) is 0.269. The predicted octanol–water partition coefficient (Wildman–Crippen LogP) is 1.57. The van der Waals surface area contributed by atoms with Gasteiger partial charge in [0.2, 0.25) is 5.91 Å². The van der Waals surface area contributed by atoms with Crippen LogP contribution in [0.2, 0.25) is 0 Å². The number of amides is 1. The Morgan fingerprint density at radius 2 is 2.04 bits per heavy atom. The van der Waals surface area contributed by atoms with E-state index in [1.807, 2.05) is 6.07 Å². The van der Waals surface area contributed by atoms with Crippen LogP contribution in [0.4, 0.5) is 5.69 Å². The molecule has 0 spiro atoms. The second kappa shape index (κ2) is 11.1. The smallest absolute Gasteiger partial charge is 0.216 e. The first-order valence-electron chi connectivity index (χ1n) is 8.28. The molecule has 1 aliphatic heterocycles. The average Bonchev–Trinajstić information content (AvgIpc) is 3.01. The van der Waals surface area contributed by atoms with E-state index in [-0.39, 0.29) is 29.9 Å². The van der Waals surface area contributed by atoms with Crippen molar-refractivity contribution in [3.63, 3.8) is 0 Å². The molecule has 134 valence electrons. The molecule has 1 atom stereocenters. The number of carbonyl (C=O) groups is 1. The number of aliphatic imine (C=N–C) groups is 1. The summed E-state index contributed by atoms with van der Waals surface area (Å²) in [7, 11) is 0. The Labute approximate surface area is 161 Å². The SMILES string of the molecule is CCNC(=NCCNC(C)=O)NC1CCN(c2ccccc2)C1.I. The minimum Gasteiger partial charge on any atom is -0.369 e. The van der Waals surface area contributed by atoms with Gasteiger partial charge in [-0.05, 0) is 25.5 Å². The Kier molecular flexibility index (Phi) is 9.51. The molecule has 0 bridgehead atoms. The fraction of sp³-hybridized carbons (Fsp3) is 0.529. The van der Waals surface area contributed by atoms with Gasteiger partial charge in [-0.25, -0.2) is 0 Å². The maximum Gasteiger partial charge on any atom is 0.216 e. The largest absolute Gasteiger partial charge is 0.369 e. The van der Waals surface area contributed by atoms with Crippen molar-refractivity contribution in [3.05, 3.63) is 30.3 Å². The first kappa shape index (κ1) is 20.5. The van der Waals surface area contributed by atoms with Crippen LogP contribution in [-0.2, 0) is 4.79 Å². The van der Waals surface area contributed by atoms with E-state index < -0.39 is 0 Å². The topological polar surface area (TPSA) is 68.8 Å². The third-order valence-corrected chi connectivity index (χ3v) is 3.75. The van der Waals surface area contributed by atoms with Gasteiger partial charge in [0.05, 0.1) is 6.54 Å². The summed E-state index contributed by atoms with van der Waals surface area (Å²) in [5, 5.41) is 9.50. The van der Waals surface area contributed by atoms with Gasteiger partial charge in [-0.15, -0.1) is 24.0 Å². The van der Waals surface area contributed by atoms with Gasteiger partial charge in [0.1, 0.15) is 0 Å². The first-order chi connectivity index (χ1) is 11.2. The Balaban J connectivity index is 0.00000288. The number of benzene rings is 1. The van der Waals surface area contributed by atoms with Crippen LogP contribution in [-0.4, -0.2) is 50.6 Å². The zero-order valence-corrected chi connectivity index (χ0v) is 16.7. The molecule has 1 unspecified atom stereocenters. The van der Waals surface area contributed by atoms with Gasteiger partial charge in [0.15, 0.2) is 5.96 Å². The number of hydrogen-bond acceptors (Lipinski definition) is 3. The average molecular weight is 445 g/mol. The lowest BCUT2D eigenvalue weighted by Crippen LogP contribution is -2.45. The molecule has 0 saturated carbocycles. The predicted molar refractivity (Wildman–Crippen MR) is 110 cm³/mol. The van der Waals surface area contributed by atoms with Crippen LogP contribution in [0.1, 0.15) is 20.3 Å². The summed E-state index contributed by atoms with van der Waals surface area (Å²) >= 11 is 0. The number of halogens is 1. The van der Waals surface area contributed by atoms with Gasteiger partial charge in [0, 0.05) is 44.8 Å². The van der Waals surface area contributed by atoms with E-state index in [4.69, 9.17) is 0 Å². The normalized spacial score (nSPS) is 17.2. The molecule has 1 aliphatic rings. The molecule has 1 aromatic rings. The highest BCUT2D eigenvalue weighted by molar-refractivity contribution is 14.0. The van der Waals surface area contributed by atoms with Gasteiger partial charge in [-0.2, -0.15) is 0 Å². The van der Waals surface area contributed by atoms with Gasteiger partial charge >= 0.3 is 0 Å². The number of nitrogens with zero attached hydrogens (tertiary/aromatic N) is 2. The summed E-state index contributed by atoms with van der Waals surface area (Å²) in [6.07, 6.45) is 1.09. The third-order valence-electron chi connectivity index (χ3n) is 3.75. The third kappa shape index (κ3) is 6.94. The standard InChI is InChI=1S/C17H27N5O.HI/c1-3-18-17(20-11-10-19-14(2)23)21-15-9-12-22(13-15)16-7-5-4-6-8-16;/h4-8,15H,3,9-13H2,1-2H3,(H,19,23)(H2,18,20,21);1H. The van der Waals surface area contributed by atoms with Crippen molar-refractivity contribution in [1.29, 1.82) is 0 Å². The van der Waals surface area contributed by atoms with Crippen LogP contribution >= 0.6 is 24.0 Å². The maximum absolute atomic E-state index is 10.9. The lowest BCUT2D eigenvalue weighted by Gasteiger charge is -2.20. The summed E-state index contributed by atoms with van der Waals surface area (Å²) in [4.78, 5) is 17.8. The first-order valence-corrected chi connectivity index (χ1v) is 8.28. The van der Waals surface area contributed by atoms with Gasteiger partial charge in [-0.3, -0.25) is 9.79 Å². The molecule has 6 nitrogen and oxygen atoms in total. The second-order valence-corrected chi connectivity index (χ2v) is 5.66. The lowest BCUT2D eigenvalue weighted by atomic mass is 10.3. The molecule has 1 amide bonds. The van der Waals surface area contributed by atoms with E-state index in [1.54, 1.807) is 0 Å². The highest BCUT2D eigenvalue weighted by atomic mass is 127. The second-order valence-electron chi connectivity index (χ2n) is 5.66. The summed E-state index contributed by atoms with van der Waals surface area (Å²) in [5.41, 5.74) is 1.27.